The van der Waals surface area contributed by atoms with E-state index in [4.69, 9.17) is 4.42 Å². The fraction of sp³-hybridized carbons (Fsp3) is 0.462. The summed E-state index contributed by atoms with van der Waals surface area (Å²) in [6.45, 7) is 5.74. The molecule has 4 heteroatoms. The number of aromatic nitrogens is 1. The van der Waals surface area contributed by atoms with E-state index < -0.39 is 0 Å². The lowest BCUT2D eigenvalue weighted by molar-refractivity contribution is 0.420. The Morgan fingerprint density at radius 1 is 1.35 bits per heavy atom. The summed E-state index contributed by atoms with van der Waals surface area (Å²) in [5, 5.41) is 3.36. The molecule has 0 spiro atoms. The monoisotopic (exact) mass is 234 g/mol. The third-order valence-corrected chi connectivity index (χ3v) is 2.96. The van der Waals surface area contributed by atoms with Crippen LogP contribution in [0.4, 0.5) is 0 Å². The number of para-hydroxylation sites is 2. The van der Waals surface area contributed by atoms with Gasteiger partial charge in [-0.1, -0.05) is 26.0 Å². The summed E-state index contributed by atoms with van der Waals surface area (Å²) in [7, 11) is 0. The molecular weight excluding hydrogens is 216 g/mol. The lowest BCUT2D eigenvalue weighted by Gasteiger charge is -2.15. The van der Waals surface area contributed by atoms with Gasteiger partial charge < -0.3 is 9.73 Å². The van der Waals surface area contributed by atoms with Crippen LogP contribution in [-0.4, -0.2) is 17.2 Å². The van der Waals surface area contributed by atoms with E-state index in [2.05, 4.69) is 19.2 Å². The third-order valence-electron chi connectivity index (χ3n) is 2.96. The van der Waals surface area contributed by atoms with Gasteiger partial charge in [0.25, 0.3) is 0 Å². The van der Waals surface area contributed by atoms with Gasteiger partial charge in [-0.05, 0) is 25.1 Å². The largest absolute Gasteiger partial charge is 0.420 e. The number of nitrogens with one attached hydrogen (secondary N) is 1. The topological polar surface area (TPSA) is 47.2 Å². The van der Waals surface area contributed by atoms with Crippen molar-refractivity contribution in [2.24, 2.45) is 0 Å². The number of oxazole rings is 1. The lowest BCUT2D eigenvalue weighted by atomic mass is 10.2. The number of hydrogen-bond acceptors (Lipinski definition) is 3. The van der Waals surface area contributed by atoms with Crippen molar-refractivity contribution in [1.29, 1.82) is 0 Å². The van der Waals surface area contributed by atoms with E-state index in [1.54, 1.807) is 4.57 Å². The molecule has 1 aromatic heterocycles. The van der Waals surface area contributed by atoms with Crippen LogP contribution in [0, 0.1) is 0 Å². The first-order chi connectivity index (χ1) is 8.26. The number of benzene rings is 1. The summed E-state index contributed by atoms with van der Waals surface area (Å²) < 4.78 is 6.90. The zero-order chi connectivity index (χ0) is 12.3. The molecule has 2 rings (SSSR count). The molecule has 0 fully saturated rings. The van der Waals surface area contributed by atoms with Crippen molar-refractivity contribution >= 4 is 11.1 Å². The minimum atomic E-state index is -0.275. The maximum absolute atomic E-state index is 11.8. The fourth-order valence-corrected chi connectivity index (χ4v) is 2.03. The van der Waals surface area contributed by atoms with Gasteiger partial charge >= 0.3 is 5.76 Å². The highest BCUT2D eigenvalue weighted by Crippen LogP contribution is 2.12. The van der Waals surface area contributed by atoms with Gasteiger partial charge in [0.2, 0.25) is 0 Å². The zero-order valence-electron chi connectivity index (χ0n) is 10.3. The first-order valence-electron chi connectivity index (χ1n) is 6.08. The average Bonchev–Trinajstić information content (AvgIpc) is 2.65. The van der Waals surface area contributed by atoms with E-state index in [0.717, 1.165) is 18.5 Å². The van der Waals surface area contributed by atoms with Gasteiger partial charge in [-0.15, -0.1) is 0 Å². The molecule has 0 amide bonds. The fourth-order valence-electron chi connectivity index (χ4n) is 2.03. The molecule has 0 aliphatic heterocycles. The van der Waals surface area contributed by atoms with Crippen molar-refractivity contribution in [3.05, 3.63) is 34.8 Å². The van der Waals surface area contributed by atoms with Crippen LogP contribution in [0.5, 0.6) is 0 Å². The van der Waals surface area contributed by atoms with Crippen LogP contribution in [0.15, 0.2) is 33.5 Å². The second kappa shape index (κ2) is 5.19. The van der Waals surface area contributed by atoms with Crippen molar-refractivity contribution in [2.45, 2.75) is 32.9 Å². The van der Waals surface area contributed by atoms with Crippen molar-refractivity contribution < 1.29 is 4.42 Å². The van der Waals surface area contributed by atoms with Crippen LogP contribution in [0.2, 0.25) is 0 Å². The van der Waals surface area contributed by atoms with Crippen molar-refractivity contribution in [3.63, 3.8) is 0 Å². The Labute approximate surface area is 100 Å². The van der Waals surface area contributed by atoms with Gasteiger partial charge in [-0.25, -0.2) is 4.79 Å². The lowest BCUT2D eigenvalue weighted by Crippen LogP contribution is -2.34. The predicted molar refractivity (Wildman–Crippen MR) is 68.2 cm³/mol. The molecule has 0 saturated carbocycles. The van der Waals surface area contributed by atoms with Crippen molar-refractivity contribution in [2.75, 3.05) is 6.54 Å². The van der Waals surface area contributed by atoms with E-state index >= 15 is 0 Å². The number of fused-ring (bicyclic) bond motifs is 1. The van der Waals surface area contributed by atoms with Crippen LogP contribution >= 0.6 is 0 Å². The van der Waals surface area contributed by atoms with Crippen LogP contribution in [-0.2, 0) is 6.54 Å². The van der Waals surface area contributed by atoms with Crippen molar-refractivity contribution in [1.82, 2.24) is 9.88 Å². The maximum atomic E-state index is 11.8. The van der Waals surface area contributed by atoms with Crippen molar-refractivity contribution in [3.8, 4) is 0 Å². The van der Waals surface area contributed by atoms with Crippen LogP contribution in [0.3, 0.4) is 0 Å². The molecule has 0 aliphatic carbocycles. The zero-order valence-corrected chi connectivity index (χ0v) is 10.3. The molecule has 0 radical (unpaired) electrons. The summed E-state index contributed by atoms with van der Waals surface area (Å²) in [4.78, 5) is 11.8. The summed E-state index contributed by atoms with van der Waals surface area (Å²) >= 11 is 0. The molecule has 92 valence electrons. The molecule has 0 bridgehead atoms. The predicted octanol–water partition coefficient (Wildman–Crippen LogP) is 1.98. The minimum Gasteiger partial charge on any atom is -0.408 e. The molecule has 1 heterocycles. The maximum Gasteiger partial charge on any atom is 0.420 e. The first kappa shape index (κ1) is 11.9. The highest BCUT2D eigenvalue weighted by molar-refractivity contribution is 5.72. The number of likely N-dealkylation sites (N-methyl/N-ethyl adjacent to an activating group) is 1. The van der Waals surface area contributed by atoms with Gasteiger partial charge in [0, 0.05) is 12.6 Å². The highest BCUT2D eigenvalue weighted by atomic mass is 16.4. The molecular formula is C13H18N2O2. The average molecular weight is 234 g/mol. The van der Waals surface area contributed by atoms with E-state index in [1.165, 1.54) is 0 Å². The number of hydrogen-bond donors (Lipinski definition) is 1. The molecule has 17 heavy (non-hydrogen) atoms. The van der Waals surface area contributed by atoms with Gasteiger partial charge in [-0.3, -0.25) is 4.57 Å². The Hall–Kier alpha value is -1.55. The number of nitrogens with zero attached hydrogens (tertiary/aromatic N) is 1. The Morgan fingerprint density at radius 2 is 2.12 bits per heavy atom. The highest BCUT2D eigenvalue weighted by Gasteiger charge is 2.12. The summed E-state index contributed by atoms with van der Waals surface area (Å²) in [5.74, 6) is -0.275. The molecule has 0 aliphatic rings. The molecule has 2 aromatic rings. The van der Waals surface area contributed by atoms with E-state index in [1.807, 2.05) is 24.3 Å². The first-order valence-corrected chi connectivity index (χ1v) is 6.08. The van der Waals surface area contributed by atoms with Crippen LogP contribution in [0.1, 0.15) is 20.3 Å². The Morgan fingerprint density at radius 3 is 2.82 bits per heavy atom. The second-order valence-corrected chi connectivity index (χ2v) is 4.11. The Kier molecular flexibility index (Phi) is 3.64. The third kappa shape index (κ3) is 2.42. The normalized spacial score (nSPS) is 13.1. The quantitative estimate of drug-likeness (QED) is 0.860. The van der Waals surface area contributed by atoms with E-state index in [-0.39, 0.29) is 5.76 Å². The Balaban J connectivity index is 2.34. The summed E-state index contributed by atoms with van der Waals surface area (Å²) in [6, 6.07) is 7.83. The van der Waals surface area contributed by atoms with Gasteiger partial charge in [-0.2, -0.15) is 0 Å². The van der Waals surface area contributed by atoms with Gasteiger partial charge in [0.1, 0.15) is 0 Å². The minimum absolute atomic E-state index is 0.275. The van der Waals surface area contributed by atoms with Crippen LogP contribution in [0.25, 0.3) is 11.1 Å². The molecule has 0 saturated heterocycles. The SMILES string of the molecule is CCNC(CC)Cn1c(=O)oc2ccccc21. The van der Waals surface area contributed by atoms with Gasteiger partial charge in [0.15, 0.2) is 5.58 Å². The molecule has 1 N–H and O–H groups in total. The van der Waals surface area contributed by atoms with Crippen LogP contribution < -0.4 is 11.1 Å². The standard InChI is InChI=1S/C13H18N2O2/c1-3-10(14-4-2)9-15-11-7-5-6-8-12(11)17-13(15)16/h5-8,10,14H,3-4,9H2,1-2H3. The smallest absolute Gasteiger partial charge is 0.408 e. The Bertz CT molecular complexity index is 542. The van der Waals surface area contributed by atoms with E-state index in [0.29, 0.717) is 18.2 Å². The summed E-state index contributed by atoms with van der Waals surface area (Å²) in [6.07, 6.45) is 0.986. The summed E-state index contributed by atoms with van der Waals surface area (Å²) in [5.41, 5.74) is 1.53. The van der Waals surface area contributed by atoms with Gasteiger partial charge in [0.05, 0.1) is 5.52 Å². The number of rotatable bonds is 5. The van der Waals surface area contributed by atoms with E-state index in [9.17, 15) is 4.79 Å². The molecule has 4 nitrogen and oxygen atoms in total. The second-order valence-electron chi connectivity index (χ2n) is 4.11. The molecule has 1 unspecified atom stereocenters. The molecule has 1 aromatic carbocycles. The molecule has 1 atom stereocenters.